The molecule has 0 radical (unpaired) electrons. The second-order valence-electron chi connectivity index (χ2n) is 1.59. The fraction of sp³-hybridized carbons (Fsp3) is 0. The Bertz CT molecular complexity index is 187. The first-order chi connectivity index (χ1) is 6.00. The molecule has 0 saturated carbocycles. The molecular weight excluding hydrogens is 156 g/mol. The molecule has 2 heterocycles. The van der Waals surface area contributed by atoms with E-state index in [1.807, 2.05) is 0 Å². The quantitative estimate of drug-likeness (QED) is 0.531. The zero-order valence-corrected chi connectivity index (χ0v) is 6.15. The van der Waals surface area contributed by atoms with Crippen LogP contribution in [0.3, 0.4) is 0 Å². The van der Waals surface area contributed by atoms with E-state index < -0.39 is 0 Å². The van der Waals surface area contributed by atoms with Crippen molar-refractivity contribution in [3.05, 3.63) is 37.4 Å². The zero-order valence-electron chi connectivity index (χ0n) is 6.15. The summed E-state index contributed by atoms with van der Waals surface area (Å²) in [6, 6.07) is 0. The Hall–Kier alpha value is -1.98. The molecule has 0 aliphatic carbocycles. The van der Waals surface area contributed by atoms with Crippen molar-refractivity contribution >= 4 is 0 Å². The van der Waals surface area contributed by atoms with Crippen molar-refractivity contribution < 1.29 is 0 Å². The van der Waals surface area contributed by atoms with Gasteiger partial charge < -0.3 is 0 Å². The summed E-state index contributed by atoms with van der Waals surface area (Å²) < 4.78 is 0. The Balaban J connectivity index is 0.000000120. The van der Waals surface area contributed by atoms with Gasteiger partial charge in [-0.15, -0.1) is 10.2 Å². The third-order valence-corrected chi connectivity index (χ3v) is 0.809. The molecule has 0 aliphatic heterocycles. The minimum absolute atomic E-state index is 1.39. The molecule has 0 N–H and O–H groups in total. The van der Waals surface area contributed by atoms with Gasteiger partial charge in [-0.2, -0.15) is 10.2 Å². The van der Waals surface area contributed by atoms with E-state index in [0.717, 1.165) is 0 Å². The number of aromatic nitrogens is 6. The maximum Gasteiger partial charge on any atom is 0.138 e. The van der Waals surface area contributed by atoms with Crippen LogP contribution in [0.15, 0.2) is 37.4 Å². The topological polar surface area (TPSA) is 77.3 Å². The van der Waals surface area contributed by atoms with Crippen molar-refractivity contribution in [1.29, 1.82) is 0 Å². The van der Waals surface area contributed by atoms with Crippen LogP contribution in [0.2, 0.25) is 0 Å². The lowest BCUT2D eigenvalue weighted by molar-refractivity contribution is 0.969. The summed E-state index contributed by atoms with van der Waals surface area (Å²) in [5.74, 6) is 0. The fourth-order valence-electron chi connectivity index (χ4n) is 0.410. The number of rotatable bonds is 0. The highest BCUT2D eigenvalue weighted by Crippen LogP contribution is 1.59. The Kier molecular flexibility index (Phi) is 3.91. The van der Waals surface area contributed by atoms with Crippen LogP contribution in [0.1, 0.15) is 0 Å². The molecule has 6 heteroatoms. The molecule has 12 heavy (non-hydrogen) atoms. The molecular formula is C6H6N6. The van der Waals surface area contributed by atoms with Crippen LogP contribution in [-0.4, -0.2) is 30.4 Å². The van der Waals surface area contributed by atoms with Crippen molar-refractivity contribution in [3.63, 3.8) is 0 Å². The van der Waals surface area contributed by atoms with Crippen LogP contribution in [0, 0.1) is 0 Å². The molecule has 2 aromatic heterocycles. The number of nitrogens with zero attached hydrogens (tertiary/aromatic N) is 6. The molecule has 0 fully saturated rings. The van der Waals surface area contributed by atoms with E-state index in [1.54, 1.807) is 12.4 Å². The lowest BCUT2D eigenvalue weighted by Gasteiger charge is -1.69. The van der Waals surface area contributed by atoms with E-state index in [0.29, 0.717) is 0 Å². The Morgan fingerprint density at radius 3 is 1.08 bits per heavy atom. The highest BCUT2D eigenvalue weighted by atomic mass is 15.1. The SMILES string of the molecule is c1cnncn1.c1cnncn1. The number of hydrogen-bond donors (Lipinski definition) is 0. The van der Waals surface area contributed by atoms with Crippen molar-refractivity contribution in [2.45, 2.75) is 0 Å². The normalized spacial score (nSPS) is 8.00. The maximum absolute atomic E-state index is 3.61. The first-order valence-corrected chi connectivity index (χ1v) is 3.13. The highest BCUT2D eigenvalue weighted by Gasteiger charge is 1.60. The lowest BCUT2D eigenvalue weighted by atomic mass is 10.9. The fourth-order valence-corrected chi connectivity index (χ4v) is 0.410. The van der Waals surface area contributed by atoms with Gasteiger partial charge in [-0.25, -0.2) is 9.97 Å². The predicted molar refractivity (Wildman–Crippen MR) is 39.7 cm³/mol. The smallest absolute Gasteiger partial charge is 0.138 e. The van der Waals surface area contributed by atoms with Crippen LogP contribution < -0.4 is 0 Å². The van der Waals surface area contributed by atoms with E-state index in [-0.39, 0.29) is 0 Å². The predicted octanol–water partition coefficient (Wildman–Crippen LogP) is -0.257. The molecule has 0 saturated heterocycles. The summed E-state index contributed by atoms with van der Waals surface area (Å²) in [5, 5.41) is 13.8. The zero-order chi connectivity index (χ0) is 8.49. The first kappa shape index (κ1) is 8.12. The van der Waals surface area contributed by atoms with Gasteiger partial charge in [0.15, 0.2) is 0 Å². The molecule has 6 nitrogen and oxygen atoms in total. The molecule has 0 aromatic carbocycles. The van der Waals surface area contributed by atoms with Gasteiger partial charge in [-0.1, -0.05) is 0 Å². The second-order valence-corrected chi connectivity index (χ2v) is 1.59. The summed E-state index contributed by atoms with van der Waals surface area (Å²) in [5.41, 5.74) is 0. The van der Waals surface area contributed by atoms with Crippen LogP contribution >= 0.6 is 0 Å². The van der Waals surface area contributed by atoms with E-state index >= 15 is 0 Å². The largest absolute Gasteiger partial charge is 0.241 e. The average Bonchev–Trinajstić information content (AvgIpc) is 2.24. The van der Waals surface area contributed by atoms with E-state index in [9.17, 15) is 0 Å². The molecule has 2 aromatic rings. The molecule has 2 rings (SSSR count). The minimum atomic E-state index is 1.39. The third-order valence-electron chi connectivity index (χ3n) is 0.809. The molecule has 0 spiro atoms. The van der Waals surface area contributed by atoms with Crippen molar-refractivity contribution in [1.82, 2.24) is 30.4 Å². The third kappa shape index (κ3) is 3.94. The Morgan fingerprint density at radius 1 is 0.500 bits per heavy atom. The van der Waals surface area contributed by atoms with E-state index in [1.165, 1.54) is 25.0 Å². The van der Waals surface area contributed by atoms with Gasteiger partial charge >= 0.3 is 0 Å². The van der Waals surface area contributed by atoms with Crippen LogP contribution in [0.4, 0.5) is 0 Å². The first-order valence-electron chi connectivity index (χ1n) is 3.13. The highest BCUT2D eigenvalue weighted by molar-refractivity contribution is 4.59. The molecule has 0 atom stereocenters. The maximum atomic E-state index is 3.61. The van der Waals surface area contributed by atoms with Crippen LogP contribution in [0.5, 0.6) is 0 Å². The van der Waals surface area contributed by atoms with Crippen molar-refractivity contribution in [3.8, 4) is 0 Å². The Morgan fingerprint density at radius 2 is 1.00 bits per heavy atom. The van der Waals surface area contributed by atoms with E-state index in [4.69, 9.17) is 0 Å². The van der Waals surface area contributed by atoms with Gasteiger partial charge in [-0.05, 0) is 0 Å². The van der Waals surface area contributed by atoms with Gasteiger partial charge in [0.05, 0.1) is 12.4 Å². The summed E-state index contributed by atoms with van der Waals surface area (Å²) in [6.07, 6.45) is 8.99. The second kappa shape index (κ2) is 5.78. The van der Waals surface area contributed by atoms with Crippen molar-refractivity contribution in [2.75, 3.05) is 0 Å². The van der Waals surface area contributed by atoms with Gasteiger partial charge in [0.2, 0.25) is 0 Å². The van der Waals surface area contributed by atoms with Gasteiger partial charge in [0.1, 0.15) is 12.7 Å². The van der Waals surface area contributed by atoms with Crippen molar-refractivity contribution in [2.24, 2.45) is 0 Å². The lowest BCUT2D eigenvalue weighted by Crippen LogP contribution is -1.75. The molecule has 0 bridgehead atoms. The minimum Gasteiger partial charge on any atom is -0.241 e. The summed E-state index contributed by atoms with van der Waals surface area (Å²) >= 11 is 0. The van der Waals surface area contributed by atoms with Gasteiger partial charge in [0, 0.05) is 12.4 Å². The van der Waals surface area contributed by atoms with E-state index in [2.05, 4.69) is 30.4 Å². The summed E-state index contributed by atoms with van der Waals surface area (Å²) in [7, 11) is 0. The standard InChI is InChI=1S/2C3H3N3/c2*1-2-5-6-3-4-1/h2*1-3H. The van der Waals surface area contributed by atoms with Gasteiger partial charge in [0.25, 0.3) is 0 Å². The molecule has 0 aliphatic rings. The van der Waals surface area contributed by atoms with Gasteiger partial charge in [-0.3, -0.25) is 0 Å². The molecule has 0 amide bonds. The van der Waals surface area contributed by atoms with Crippen LogP contribution in [-0.2, 0) is 0 Å². The monoisotopic (exact) mass is 162 g/mol. The van der Waals surface area contributed by atoms with Crippen LogP contribution in [0.25, 0.3) is 0 Å². The summed E-state index contributed by atoms with van der Waals surface area (Å²) in [4.78, 5) is 7.22. The molecule has 60 valence electrons. The Labute approximate surface area is 68.7 Å². The summed E-state index contributed by atoms with van der Waals surface area (Å²) in [6.45, 7) is 0. The molecule has 0 unspecified atom stereocenters. The number of hydrogen-bond acceptors (Lipinski definition) is 6. The average molecular weight is 162 g/mol.